The monoisotopic (exact) mass is 161 g/mol. The van der Waals surface area contributed by atoms with Crippen molar-refractivity contribution in [2.75, 3.05) is 5.32 Å². The third-order valence-electron chi connectivity index (χ3n) is 1.69. The number of anilines is 1. The fourth-order valence-electron chi connectivity index (χ4n) is 0.979. The summed E-state index contributed by atoms with van der Waals surface area (Å²) < 4.78 is 0. The number of rotatable bonds is 1. The molecule has 1 N–H and O–H groups in total. The van der Waals surface area contributed by atoms with Crippen molar-refractivity contribution in [1.29, 1.82) is 0 Å². The third-order valence-corrected chi connectivity index (χ3v) is 1.69. The molecule has 0 aliphatic carbocycles. The third kappa shape index (κ3) is 1.84. The average Bonchev–Trinajstić information content (AvgIpc) is 1.98. The number of amides is 1. The SMILES string of the molecule is [CH]c1cccc(NC(C)=O)c1C. The molecule has 1 rings (SSSR count). The lowest BCUT2D eigenvalue weighted by Gasteiger charge is -2.07. The predicted octanol–water partition coefficient (Wildman–Crippen LogP) is 2.01. The van der Waals surface area contributed by atoms with Crippen molar-refractivity contribution in [3.63, 3.8) is 0 Å². The highest BCUT2D eigenvalue weighted by Gasteiger charge is 2.00. The maximum Gasteiger partial charge on any atom is 0.221 e. The van der Waals surface area contributed by atoms with Crippen LogP contribution in [-0.2, 0) is 4.79 Å². The lowest BCUT2D eigenvalue weighted by atomic mass is 10.1. The van der Waals surface area contributed by atoms with E-state index >= 15 is 0 Å². The normalized spacial score (nSPS) is 9.58. The molecule has 2 heteroatoms. The zero-order chi connectivity index (χ0) is 9.14. The number of hydrogen-bond acceptors (Lipinski definition) is 1. The van der Waals surface area contributed by atoms with Gasteiger partial charge in [-0.1, -0.05) is 12.1 Å². The van der Waals surface area contributed by atoms with E-state index in [4.69, 9.17) is 6.92 Å². The van der Waals surface area contributed by atoms with E-state index in [9.17, 15) is 4.79 Å². The minimum absolute atomic E-state index is 0.0799. The van der Waals surface area contributed by atoms with Gasteiger partial charge >= 0.3 is 0 Å². The summed E-state index contributed by atoms with van der Waals surface area (Å²) in [5.74, 6) is -0.0799. The quantitative estimate of drug-likeness (QED) is 0.670. The summed E-state index contributed by atoms with van der Waals surface area (Å²) in [5, 5.41) is 2.69. The number of nitrogens with one attached hydrogen (secondary N) is 1. The fraction of sp³-hybridized carbons (Fsp3) is 0.200. The van der Waals surface area contributed by atoms with Gasteiger partial charge in [-0.2, -0.15) is 0 Å². The van der Waals surface area contributed by atoms with E-state index in [1.54, 1.807) is 6.07 Å². The number of carbonyl (C=O) groups is 1. The van der Waals surface area contributed by atoms with Crippen LogP contribution in [0.1, 0.15) is 18.1 Å². The highest BCUT2D eigenvalue weighted by atomic mass is 16.1. The molecule has 62 valence electrons. The Bertz CT molecular complexity index is 305. The van der Waals surface area contributed by atoms with Gasteiger partial charge in [-0.15, -0.1) is 0 Å². The standard InChI is InChI=1S/C10H11NO/c1-7-5-4-6-10(8(7)2)11-9(3)12/h1,4-6H,2-3H3,(H,11,12). The fourth-order valence-corrected chi connectivity index (χ4v) is 0.979. The molecule has 1 amide bonds. The van der Waals surface area contributed by atoms with E-state index in [2.05, 4.69) is 5.32 Å². The molecule has 0 saturated carbocycles. The Hall–Kier alpha value is -1.31. The summed E-state index contributed by atoms with van der Waals surface area (Å²) in [4.78, 5) is 10.7. The van der Waals surface area contributed by atoms with Crippen molar-refractivity contribution >= 4 is 11.6 Å². The maximum atomic E-state index is 10.7. The van der Waals surface area contributed by atoms with Crippen molar-refractivity contribution in [2.24, 2.45) is 0 Å². The summed E-state index contributed by atoms with van der Waals surface area (Å²) >= 11 is 0. The molecule has 0 fully saturated rings. The minimum Gasteiger partial charge on any atom is -0.326 e. The topological polar surface area (TPSA) is 29.1 Å². The Morgan fingerprint density at radius 2 is 2.17 bits per heavy atom. The Balaban J connectivity index is 3.00. The zero-order valence-corrected chi connectivity index (χ0v) is 7.22. The largest absolute Gasteiger partial charge is 0.326 e. The van der Waals surface area contributed by atoms with Gasteiger partial charge in [0.1, 0.15) is 0 Å². The molecule has 0 unspecified atom stereocenters. The van der Waals surface area contributed by atoms with E-state index < -0.39 is 0 Å². The van der Waals surface area contributed by atoms with Gasteiger partial charge in [0, 0.05) is 12.6 Å². The average molecular weight is 161 g/mol. The molecule has 2 nitrogen and oxygen atoms in total. The van der Waals surface area contributed by atoms with Crippen LogP contribution in [0.4, 0.5) is 5.69 Å². The Morgan fingerprint density at radius 1 is 1.50 bits per heavy atom. The first-order valence-corrected chi connectivity index (χ1v) is 3.74. The first-order chi connectivity index (χ1) is 5.61. The van der Waals surface area contributed by atoms with Crippen molar-refractivity contribution in [3.05, 3.63) is 36.2 Å². The van der Waals surface area contributed by atoms with E-state index in [1.807, 2.05) is 19.1 Å². The van der Waals surface area contributed by atoms with E-state index in [0.29, 0.717) is 5.56 Å². The van der Waals surface area contributed by atoms with Crippen molar-refractivity contribution < 1.29 is 4.79 Å². The first-order valence-electron chi connectivity index (χ1n) is 3.74. The second-order valence-corrected chi connectivity index (χ2v) is 2.70. The molecular formula is C10H11NO. The molecular weight excluding hydrogens is 150 g/mol. The van der Waals surface area contributed by atoms with Gasteiger partial charge in [0.15, 0.2) is 0 Å². The summed E-state index contributed by atoms with van der Waals surface area (Å²) in [6, 6.07) is 5.45. The molecule has 0 spiro atoms. The number of carbonyl (C=O) groups excluding carboxylic acids is 1. The molecule has 0 aliphatic rings. The molecule has 0 atom stereocenters. The van der Waals surface area contributed by atoms with E-state index in [0.717, 1.165) is 11.3 Å². The summed E-state index contributed by atoms with van der Waals surface area (Å²) in [6.07, 6.45) is 0. The van der Waals surface area contributed by atoms with Gasteiger partial charge in [-0.05, 0) is 31.0 Å². The van der Waals surface area contributed by atoms with Crippen LogP contribution in [0.3, 0.4) is 0 Å². The molecule has 2 radical (unpaired) electrons. The van der Waals surface area contributed by atoms with E-state index in [-0.39, 0.29) is 5.91 Å². The molecule has 0 saturated heterocycles. The van der Waals surface area contributed by atoms with Crippen LogP contribution < -0.4 is 5.32 Å². The predicted molar refractivity (Wildman–Crippen MR) is 48.9 cm³/mol. The smallest absolute Gasteiger partial charge is 0.221 e. The molecule has 0 heterocycles. The lowest BCUT2D eigenvalue weighted by molar-refractivity contribution is -0.114. The van der Waals surface area contributed by atoms with Crippen LogP contribution >= 0.6 is 0 Å². The second-order valence-electron chi connectivity index (χ2n) is 2.70. The van der Waals surface area contributed by atoms with Crippen LogP contribution in [0.15, 0.2) is 18.2 Å². The number of hydrogen-bond donors (Lipinski definition) is 1. The van der Waals surface area contributed by atoms with Crippen LogP contribution in [-0.4, -0.2) is 5.91 Å². The summed E-state index contributed by atoms with van der Waals surface area (Å²) in [5.41, 5.74) is 2.39. The summed E-state index contributed by atoms with van der Waals surface area (Å²) in [6.45, 7) is 9.00. The van der Waals surface area contributed by atoms with Gasteiger partial charge in [0.25, 0.3) is 0 Å². The first kappa shape index (κ1) is 8.78. The van der Waals surface area contributed by atoms with Gasteiger partial charge < -0.3 is 5.32 Å². The summed E-state index contributed by atoms with van der Waals surface area (Å²) in [7, 11) is 0. The van der Waals surface area contributed by atoms with Gasteiger partial charge in [-0.25, -0.2) is 0 Å². The highest BCUT2D eigenvalue weighted by Crippen LogP contribution is 2.17. The zero-order valence-electron chi connectivity index (χ0n) is 7.22. The molecule has 0 bridgehead atoms. The second kappa shape index (κ2) is 3.39. The minimum atomic E-state index is -0.0799. The van der Waals surface area contributed by atoms with Crippen molar-refractivity contribution in [2.45, 2.75) is 13.8 Å². The van der Waals surface area contributed by atoms with Crippen LogP contribution in [0, 0.1) is 13.8 Å². The van der Waals surface area contributed by atoms with Gasteiger partial charge in [-0.3, -0.25) is 4.79 Å². The Kier molecular flexibility index (Phi) is 2.48. The molecule has 1 aromatic rings. The Labute approximate surface area is 72.6 Å². The molecule has 1 aromatic carbocycles. The van der Waals surface area contributed by atoms with Crippen LogP contribution in [0.5, 0.6) is 0 Å². The van der Waals surface area contributed by atoms with Crippen LogP contribution in [0.25, 0.3) is 0 Å². The number of benzene rings is 1. The molecule has 12 heavy (non-hydrogen) atoms. The van der Waals surface area contributed by atoms with Gasteiger partial charge in [0.2, 0.25) is 5.91 Å². The maximum absolute atomic E-state index is 10.7. The van der Waals surface area contributed by atoms with Crippen LogP contribution in [0.2, 0.25) is 0 Å². The highest BCUT2D eigenvalue weighted by molar-refractivity contribution is 5.89. The van der Waals surface area contributed by atoms with Gasteiger partial charge in [0.05, 0.1) is 0 Å². The van der Waals surface area contributed by atoms with Crippen molar-refractivity contribution in [3.8, 4) is 0 Å². The Morgan fingerprint density at radius 3 is 2.75 bits per heavy atom. The van der Waals surface area contributed by atoms with Crippen molar-refractivity contribution in [1.82, 2.24) is 0 Å². The van der Waals surface area contributed by atoms with E-state index in [1.165, 1.54) is 6.92 Å². The molecule has 0 aromatic heterocycles. The lowest BCUT2D eigenvalue weighted by Crippen LogP contribution is -2.07. The molecule has 0 aliphatic heterocycles.